The van der Waals surface area contributed by atoms with Gasteiger partial charge in [-0.15, -0.1) is 0 Å². The van der Waals surface area contributed by atoms with Crippen molar-refractivity contribution in [1.82, 2.24) is 5.32 Å². The Morgan fingerprint density at radius 3 is 2.59 bits per heavy atom. The van der Waals surface area contributed by atoms with Gasteiger partial charge in [-0.3, -0.25) is 4.79 Å². The van der Waals surface area contributed by atoms with Crippen LogP contribution in [0.25, 0.3) is 0 Å². The molecule has 0 aliphatic rings. The lowest BCUT2D eigenvalue weighted by molar-refractivity contribution is -0.128. The third kappa shape index (κ3) is 5.03. The maximum atomic E-state index is 11.6. The summed E-state index contributed by atoms with van der Waals surface area (Å²) >= 11 is 0. The molecule has 94 valence electrons. The second-order valence-corrected chi connectivity index (χ2v) is 5.60. The maximum absolute atomic E-state index is 11.6. The van der Waals surface area contributed by atoms with Gasteiger partial charge in [0.25, 0.3) is 0 Å². The number of hydrogen-bond donors (Lipinski definition) is 1. The van der Waals surface area contributed by atoms with Crippen molar-refractivity contribution >= 4 is 5.91 Å². The van der Waals surface area contributed by atoms with E-state index < -0.39 is 0 Å². The number of rotatable bonds is 4. The summed E-state index contributed by atoms with van der Waals surface area (Å²) in [6.45, 7) is 8.66. The van der Waals surface area contributed by atoms with E-state index in [4.69, 9.17) is 0 Å². The molecule has 17 heavy (non-hydrogen) atoms. The zero-order valence-corrected chi connectivity index (χ0v) is 11.3. The Kier molecular flexibility index (Phi) is 4.73. The van der Waals surface area contributed by atoms with Crippen molar-refractivity contribution in [3.05, 3.63) is 35.4 Å². The summed E-state index contributed by atoms with van der Waals surface area (Å²) in [7, 11) is 0. The summed E-state index contributed by atoms with van der Waals surface area (Å²) in [4.78, 5) is 11.6. The number of carbonyl (C=O) groups is 1. The quantitative estimate of drug-likeness (QED) is 0.796. The first-order valence-electron chi connectivity index (χ1n) is 6.23. The van der Waals surface area contributed by atoms with Gasteiger partial charge in [0.05, 0.1) is 0 Å². The second kappa shape index (κ2) is 5.85. The van der Waals surface area contributed by atoms with Gasteiger partial charge in [-0.05, 0) is 25.3 Å². The monoisotopic (exact) mass is 233 g/mol. The van der Waals surface area contributed by atoms with Crippen LogP contribution in [-0.2, 0) is 11.2 Å². The Labute approximate surface area is 104 Å². The van der Waals surface area contributed by atoms with Crippen molar-refractivity contribution in [2.24, 2.45) is 5.41 Å². The van der Waals surface area contributed by atoms with Crippen LogP contribution in [0, 0.1) is 12.3 Å². The van der Waals surface area contributed by atoms with Gasteiger partial charge in [0.1, 0.15) is 0 Å². The predicted octanol–water partition coefficient (Wildman–Crippen LogP) is 3.09. The molecule has 1 rings (SSSR count). The Morgan fingerprint density at radius 2 is 2.00 bits per heavy atom. The molecule has 0 heterocycles. The van der Waals surface area contributed by atoms with E-state index >= 15 is 0 Å². The van der Waals surface area contributed by atoms with Gasteiger partial charge < -0.3 is 5.32 Å². The molecule has 0 saturated carbocycles. The first-order chi connectivity index (χ1) is 7.89. The number of aryl methyl sites for hydroxylation is 2. The lowest BCUT2D eigenvalue weighted by atomic mass is 9.95. The normalized spacial score (nSPS) is 11.3. The Morgan fingerprint density at radius 1 is 1.29 bits per heavy atom. The minimum Gasteiger partial charge on any atom is -0.356 e. The highest BCUT2D eigenvalue weighted by Gasteiger charge is 2.19. The molecule has 2 heteroatoms. The number of nitrogens with one attached hydrogen (secondary N) is 1. The highest BCUT2D eigenvalue weighted by atomic mass is 16.2. The van der Waals surface area contributed by atoms with E-state index in [9.17, 15) is 4.79 Å². The van der Waals surface area contributed by atoms with Crippen molar-refractivity contribution in [1.29, 1.82) is 0 Å². The number of hydrogen-bond acceptors (Lipinski definition) is 1. The number of benzene rings is 1. The van der Waals surface area contributed by atoms with Crippen LogP contribution in [0.4, 0.5) is 0 Å². The van der Waals surface area contributed by atoms with Gasteiger partial charge in [0.2, 0.25) is 5.91 Å². The van der Waals surface area contributed by atoms with Crippen LogP contribution >= 0.6 is 0 Å². The van der Waals surface area contributed by atoms with Crippen LogP contribution in [0.3, 0.4) is 0 Å². The molecule has 0 spiro atoms. The highest BCUT2D eigenvalue weighted by molar-refractivity contribution is 5.81. The minimum absolute atomic E-state index is 0.127. The van der Waals surface area contributed by atoms with Crippen LogP contribution < -0.4 is 5.32 Å². The van der Waals surface area contributed by atoms with Gasteiger partial charge in [-0.25, -0.2) is 0 Å². The SMILES string of the molecule is Cc1cccc(CCCNC(=O)C(C)(C)C)c1. The summed E-state index contributed by atoms with van der Waals surface area (Å²) in [6.07, 6.45) is 2.01. The maximum Gasteiger partial charge on any atom is 0.225 e. The van der Waals surface area contributed by atoms with Crippen molar-refractivity contribution < 1.29 is 4.79 Å². The largest absolute Gasteiger partial charge is 0.356 e. The molecule has 0 aromatic heterocycles. The molecule has 0 fully saturated rings. The van der Waals surface area contributed by atoms with E-state index in [-0.39, 0.29) is 11.3 Å². The molecule has 1 N–H and O–H groups in total. The van der Waals surface area contributed by atoms with Crippen molar-refractivity contribution in [2.45, 2.75) is 40.5 Å². The zero-order chi connectivity index (χ0) is 12.9. The minimum atomic E-state index is -0.288. The van der Waals surface area contributed by atoms with Gasteiger partial charge in [0.15, 0.2) is 0 Å². The first-order valence-corrected chi connectivity index (χ1v) is 6.23. The summed E-state index contributed by atoms with van der Waals surface area (Å²) in [5.74, 6) is 0.127. The van der Waals surface area contributed by atoms with Crippen LogP contribution in [-0.4, -0.2) is 12.5 Å². The van der Waals surface area contributed by atoms with Gasteiger partial charge in [-0.2, -0.15) is 0 Å². The van der Waals surface area contributed by atoms with E-state index in [1.165, 1.54) is 11.1 Å². The molecule has 0 aliphatic heterocycles. The lowest BCUT2D eigenvalue weighted by Gasteiger charge is -2.17. The predicted molar refractivity (Wildman–Crippen MR) is 72.0 cm³/mol. The summed E-state index contributed by atoms with van der Waals surface area (Å²) in [5.41, 5.74) is 2.35. The molecule has 0 radical (unpaired) electrons. The lowest BCUT2D eigenvalue weighted by Crippen LogP contribution is -2.35. The average Bonchev–Trinajstić information content (AvgIpc) is 2.23. The van der Waals surface area contributed by atoms with Crippen LogP contribution in [0.15, 0.2) is 24.3 Å². The van der Waals surface area contributed by atoms with E-state index in [0.29, 0.717) is 0 Å². The zero-order valence-electron chi connectivity index (χ0n) is 11.3. The second-order valence-electron chi connectivity index (χ2n) is 5.60. The topological polar surface area (TPSA) is 29.1 Å². The molecule has 0 saturated heterocycles. The van der Waals surface area contributed by atoms with E-state index in [1.807, 2.05) is 20.8 Å². The van der Waals surface area contributed by atoms with E-state index in [1.54, 1.807) is 0 Å². The Bertz CT molecular complexity index is 377. The van der Waals surface area contributed by atoms with Crippen molar-refractivity contribution in [2.75, 3.05) is 6.54 Å². The van der Waals surface area contributed by atoms with E-state index in [2.05, 4.69) is 36.5 Å². The van der Waals surface area contributed by atoms with Gasteiger partial charge in [-0.1, -0.05) is 50.6 Å². The van der Waals surface area contributed by atoms with Crippen molar-refractivity contribution in [3.8, 4) is 0 Å². The molecular formula is C15H23NO. The highest BCUT2D eigenvalue weighted by Crippen LogP contribution is 2.12. The smallest absolute Gasteiger partial charge is 0.225 e. The number of amides is 1. The standard InChI is InChI=1S/C15H23NO/c1-12-7-5-8-13(11-12)9-6-10-16-14(17)15(2,3)4/h5,7-8,11H,6,9-10H2,1-4H3,(H,16,17). The fourth-order valence-electron chi connectivity index (χ4n) is 1.63. The molecule has 0 atom stereocenters. The molecule has 0 unspecified atom stereocenters. The van der Waals surface area contributed by atoms with E-state index in [0.717, 1.165) is 19.4 Å². The average molecular weight is 233 g/mol. The van der Waals surface area contributed by atoms with Gasteiger partial charge in [0, 0.05) is 12.0 Å². The molecular weight excluding hydrogens is 210 g/mol. The molecule has 0 bridgehead atoms. The summed E-state index contributed by atoms with van der Waals surface area (Å²) in [5, 5.41) is 2.97. The molecule has 2 nitrogen and oxygen atoms in total. The van der Waals surface area contributed by atoms with Crippen LogP contribution in [0.1, 0.15) is 38.3 Å². The van der Waals surface area contributed by atoms with Crippen molar-refractivity contribution in [3.63, 3.8) is 0 Å². The molecule has 0 aliphatic carbocycles. The van der Waals surface area contributed by atoms with Crippen LogP contribution in [0.2, 0.25) is 0 Å². The third-order valence-corrected chi connectivity index (χ3v) is 2.69. The summed E-state index contributed by atoms with van der Waals surface area (Å²) in [6, 6.07) is 8.52. The third-order valence-electron chi connectivity index (χ3n) is 2.69. The first kappa shape index (κ1) is 13.8. The number of carbonyl (C=O) groups excluding carboxylic acids is 1. The van der Waals surface area contributed by atoms with Crippen LogP contribution in [0.5, 0.6) is 0 Å². The Hall–Kier alpha value is -1.31. The van der Waals surface area contributed by atoms with Gasteiger partial charge >= 0.3 is 0 Å². The Balaban J connectivity index is 2.28. The summed E-state index contributed by atoms with van der Waals surface area (Å²) < 4.78 is 0. The molecule has 1 aromatic carbocycles. The molecule has 1 amide bonds. The fourth-order valence-corrected chi connectivity index (χ4v) is 1.63. The fraction of sp³-hybridized carbons (Fsp3) is 0.533. The molecule has 1 aromatic rings.